The highest BCUT2D eigenvalue weighted by molar-refractivity contribution is 5.68. The number of alkyl halides is 7. The minimum Gasteiger partial charge on any atom is -0.406 e. The van der Waals surface area contributed by atoms with Crippen LogP contribution in [0.4, 0.5) is 42.1 Å². The van der Waals surface area contributed by atoms with Gasteiger partial charge in [-0.25, -0.2) is 4.39 Å². The maximum Gasteiger partial charge on any atom is 0.573 e. The fourth-order valence-electron chi connectivity index (χ4n) is 5.76. The summed E-state index contributed by atoms with van der Waals surface area (Å²) >= 11 is 0. The molecule has 3 nitrogen and oxygen atoms in total. The van der Waals surface area contributed by atoms with Crippen LogP contribution >= 0.6 is 0 Å². The van der Waals surface area contributed by atoms with Crippen molar-refractivity contribution in [2.45, 2.75) is 43.4 Å². The Hall–Kier alpha value is -3.43. The Labute approximate surface area is 221 Å². The first kappa shape index (κ1) is 27.1. The minimum atomic E-state index is -4.86. The molecule has 0 amide bonds. The Morgan fingerprint density at radius 1 is 0.897 bits per heavy atom. The van der Waals surface area contributed by atoms with Gasteiger partial charge in [-0.1, -0.05) is 42.5 Å². The maximum absolute atomic E-state index is 14.0. The zero-order valence-corrected chi connectivity index (χ0v) is 20.9. The number of halogens is 7. The topological polar surface area (TPSA) is 15.7 Å². The summed E-state index contributed by atoms with van der Waals surface area (Å²) in [5, 5.41) is 0. The molecule has 0 N–H and O–H groups in total. The van der Waals surface area contributed by atoms with E-state index in [2.05, 4.69) is 4.74 Å². The van der Waals surface area contributed by atoms with Crippen LogP contribution in [0, 0.1) is 0 Å². The van der Waals surface area contributed by atoms with Crippen molar-refractivity contribution in [1.29, 1.82) is 0 Å². The molecule has 0 aromatic heterocycles. The predicted octanol–water partition coefficient (Wildman–Crippen LogP) is 7.43. The van der Waals surface area contributed by atoms with Crippen LogP contribution in [-0.4, -0.2) is 44.9 Å². The first-order valence-corrected chi connectivity index (χ1v) is 12.7. The molecule has 1 saturated heterocycles. The molecule has 0 bridgehead atoms. The lowest BCUT2D eigenvalue weighted by Crippen LogP contribution is -2.38. The van der Waals surface area contributed by atoms with Crippen molar-refractivity contribution in [1.82, 2.24) is 0 Å². The molecule has 3 aromatic carbocycles. The molecule has 2 aliphatic heterocycles. The number of para-hydroxylation sites is 1. The van der Waals surface area contributed by atoms with Crippen LogP contribution in [0.1, 0.15) is 29.5 Å². The van der Waals surface area contributed by atoms with Gasteiger partial charge >= 0.3 is 12.5 Å². The first-order chi connectivity index (χ1) is 18.4. The number of fused-ring (bicyclic) bond motifs is 1. The molecule has 0 saturated carbocycles. The summed E-state index contributed by atoms with van der Waals surface area (Å²) in [6, 6.07) is 20.4. The van der Waals surface area contributed by atoms with Crippen LogP contribution in [0.5, 0.6) is 5.75 Å². The van der Waals surface area contributed by atoms with Gasteiger partial charge in [0.15, 0.2) is 0 Å². The summed E-state index contributed by atoms with van der Waals surface area (Å²) in [5.74, 6) is -0.366. The maximum atomic E-state index is 14.0. The van der Waals surface area contributed by atoms with Gasteiger partial charge in [0.2, 0.25) is 0 Å². The van der Waals surface area contributed by atoms with E-state index < -0.39 is 30.5 Å². The SMILES string of the molecule is F[C@@H]1CCN(c2cccc(C3(Cc4cccc(OC(F)(F)F)c4)CN(CCC(F)(F)F)c4ccccc43)c2)C1. The van der Waals surface area contributed by atoms with Crippen LogP contribution < -0.4 is 14.5 Å². The molecule has 0 aliphatic carbocycles. The van der Waals surface area contributed by atoms with Gasteiger partial charge in [-0.2, -0.15) is 13.2 Å². The number of benzene rings is 3. The second-order valence-electron chi connectivity index (χ2n) is 10.1. The Morgan fingerprint density at radius 2 is 1.67 bits per heavy atom. The molecule has 10 heteroatoms. The van der Waals surface area contributed by atoms with Crippen molar-refractivity contribution in [2.75, 3.05) is 36.0 Å². The number of hydrogen-bond acceptors (Lipinski definition) is 3. The molecule has 208 valence electrons. The Morgan fingerprint density at radius 3 is 2.38 bits per heavy atom. The summed E-state index contributed by atoms with van der Waals surface area (Å²) in [6.45, 7) is 0.737. The molecule has 1 fully saturated rings. The van der Waals surface area contributed by atoms with Crippen LogP contribution in [0.3, 0.4) is 0 Å². The smallest absolute Gasteiger partial charge is 0.406 e. The van der Waals surface area contributed by atoms with Crippen LogP contribution in [0.15, 0.2) is 72.8 Å². The largest absolute Gasteiger partial charge is 0.573 e. The molecule has 0 spiro atoms. The van der Waals surface area contributed by atoms with Gasteiger partial charge in [-0.15, -0.1) is 13.2 Å². The van der Waals surface area contributed by atoms with Crippen molar-refractivity contribution in [3.8, 4) is 5.75 Å². The average Bonchev–Trinajstić information content (AvgIpc) is 3.44. The second-order valence-corrected chi connectivity index (χ2v) is 10.1. The first-order valence-electron chi connectivity index (χ1n) is 12.7. The van der Waals surface area contributed by atoms with Gasteiger partial charge in [0.1, 0.15) is 11.9 Å². The zero-order valence-electron chi connectivity index (χ0n) is 20.9. The van der Waals surface area contributed by atoms with Crippen molar-refractivity contribution in [3.05, 3.63) is 89.5 Å². The summed E-state index contributed by atoms with van der Waals surface area (Å²) in [6.07, 6.45) is -10.5. The quantitative estimate of drug-likeness (QED) is 0.284. The van der Waals surface area contributed by atoms with Gasteiger partial charge in [-0.3, -0.25) is 0 Å². The molecule has 1 unspecified atom stereocenters. The Bertz CT molecular complexity index is 1310. The number of hydrogen-bond donors (Lipinski definition) is 0. The molecular formula is C29H27F7N2O. The van der Waals surface area contributed by atoms with E-state index in [0.29, 0.717) is 24.2 Å². The molecule has 2 heterocycles. The fraction of sp³-hybridized carbons (Fsp3) is 0.379. The van der Waals surface area contributed by atoms with Gasteiger partial charge in [0.05, 0.1) is 6.42 Å². The molecule has 3 aromatic rings. The van der Waals surface area contributed by atoms with Gasteiger partial charge in [0, 0.05) is 43.0 Å². The van der Waals surface area contributed by atoms with Crippen molar-refractivity contribution in [3.63, 3.8) is 0 Å². The van der Waals surface area contributed by atoms with Gasteiger partial charge < -0.3 is 14.5 Å². The van der Waals surface area contributed by atoms with Crippen molar-refractivity contribution in [2.24, 2.45) is 0 Å². The lowest BCUT2D eigenvalue weighted by Gasteiger charge is -2.33. The van der Waals surface area contributed by atoms with E-state index in [-0.39, 0.29) is 31.8 Å². The number of ether oxygens (including phenoxy) is 1. The zero-order chi connectivity index (χ0) is 27.8. The number of rotatable bonds is 7. The van der Waals surface area contributed by atoms with Crippen molar-refractivity contribution < 1.29 is 35.5 Å². The molecule has 39 heavy (non-hydrogen) atoms. The lowest BCUT2D eigenvalue weighted by atomic mass is 9.71. The monoisotopic (exact) mass is 552 g/mol. The van der Waals surface area contributed by atoms with E-state index >= 15 is 0 Å². The van der Waals surface area contributed by atoms with Crippen LogP contribution in [0.25, 0.3) is 0 Å². The third-order valence-electron chi connectivity index (χ3n) is 7.42. The standard InChI is InChI=1S/C29H27F7N2O/c30-22-11-13-37(18-22)23-7-4-6-21(16-23)27(17-20-5-3-8-24(15-20)39-29(34,35)36)19-38(14-12-28(31,32)33)26-10-2-1-9-25(26)27/h1-10,15-16,22H,11-14,17-19H2/t22-,27?/m1/s1. The third-order valence-corrected chi connectivity index (χ3v) is 7.42. The summed E-state index contributed by atoms with van der Waals surface area (Å²) in [4.78, 5) is 3.63. The van der Waals surface area contributed by atoms with Crippen LogP contribution in [-0.2, 0) is 11.8 Å². The molecule has 5 rings (SSSR count). The van der Waals surface area contributed by atoms with E-state index in [4.69, 9.17) is 0 Å². The molecule has 2 atom stereocenters. The molecule has 2 aliphatic rings. The fourth-order valence-corrected chi connectivity index (χ4v) is 5.76. The highest BCUT2D eigenvalue weighted by atomic mass is 19.4. The summed E-state index contributed by atoms with van der Waals surface area (Å²) in [7, 11) is 0. The Balaban J connectivity index is 1.59. The number of anilines is 2. The van der Waals surface area contributed by atoms with Gasteiger partial charge in [-0.05, 0) is 59.9 Å². The van der Waals surface area contributed by atoms with E-state index in [9.17, 15) is 30.7 Å². The average molecular weight is 553 g/mol. The van der Waals surface area contributed by atoms with E-state index in [1.54, 1.807) is 23.1 Å². The number of nitrogens with zero attached hydrogens (tertiary/aromatic N) is 2. The van der Waals surface area contributed by atoms with E-state index in [1.165, 1.54) is 18.2 Å². The molecule has 0 radical (unpaired) electrons. The lowest BCUT2D eigenvalue weighted by molar-refractivity contribution is -0.274. The van der Waals surface area contributed by atoms with Crippen molar-refractivity contribution >= 4 is 11.4 Å². The molecular weight excluding hydrogens is 525 g/mol. The summed E-state index contributed by atoms with van der Waals surface area (Å²) in [5.41, 5.74) is 2.71. The van der Waals surface area contributed by atoms with Crippen LogP contribution in [0.2, 0.25) is 0 Å². The second kappa shape index (κ2) is 10.3. The highest BCUT2D eigenvalue weighted by Crippen LogP contribution is 2.48. The predicted molar refractivity (Wildman–Crippen MR) is 135 cm³/mol. The summed E-state index contributed by atoms with van der Waals surface area (Å²) < 4.78 is 96.5. The Kier molecular flexibility index (Phi) is 7.15. The third kappa shape index (κ3) is 6.09. The normalized spacial score (nSPS) is 21.4. The van der Waals surface area contributed by atoms with E-state index in [0.717, 1.165) is 16.8 Å². The highest BCUT2D eigenvalue weighted by Gasteiger charge is 2.45. The van der Waals surface area contributed by atoms with E-state index in [1.807, 2.05) is 41.3 Å². The minimum absolute atomic E-state index is 0.196. The van der Waals surface area contributed by atoms with Gasteiger partial charge in [0.25, 0.3) is 0 Å².